The van der Waals surface area contributed by atoms with Gasteiger partial charge in [-0.15, -0.1) is 0 Å². The van der Waals surface area contributed by atoms with Gasteiger partial charge in [-0.3, -0.25) is 4.79 Å². The van der Waals surface area contributed by atoms with Crippen LogP contribution in [0.3, 0.4) is 0 Å². The highest BCUT2D eigenvalue weighted by atomic mass is 35.5. The van der Waals surface area contributed by atoms with Gasteiger partial charge in [0.2, 0.25) is 0 Å². The third kappa shape index (κ3) is 3.27. The molecule has 0 unspecified atom stereocenters. The van der Waals surface area contributed by atoms with Crippen LogP contribution in [-0.2, 0) is 11.2 Å². The van der Waals surface area contributed by atoms with Crippen LogP contribution in [0.2, 0.25) is 5.02 Å². The molecule has 0 heterocycles. The number of carboxylic acids is 1. The van der Waals surface area contributed by atoms with Gasteiger partial charge in [-0.2, -0.15) is 0 Å². The van der Waals surface area contributed by atoms with E-state index in [1.807, 2.05) is 0 Å². The number of rotatable bonds is 4. The van der Waals surface area contributed by atoms with Crippen molar-refractivity contribution in [2.24, 2.45) is 0 Å². The average Bonchev–Trinajstić information content (AvgIpc) is 2.53. The summed E-state index contributed by atoms with van der Waals surface area (Å²) in [6.45, 7) is -3.08. The fourth-order valence-electron chi connectivity index (χ4n) is 1.44. The van der Waals surface area contributed by atoms with Crippen molar-refractivity contribution in [3.05, 3.63) is 58.3 Å². The molecule has 0 aliphatic carbocycles. The number of carboxylic acid groups (broad SMARTS) is 1. The summed E-state index contributed by atoms with van der Waals surface area (Å²) in [5, 5.41) is 11.3. The van der Waals surface area contributed by atoms with Gasteiger partial charge in [0.05, 0.1) is 21.2 Å². The predicted octanol–water partition coefficient (Wildman–Crippen LogP) is 4.16. The van der Waals surface area contributed by atoms with Gasteiger partial charge in [-0.05, 0) is 30.6 Å². The lowest BCUT2D eigenvalue weighted by molar-refractivity contribution is -0.136. The molecule has 2 rings (SSSR count). The van der Waals surface area contributed by atoms with E-state index >= 15 is 0 Å². The Morgan fingerprint density at radius 2 is 2.40 bits per heavy atom. The van der Waals surface area contributed by atoms with Crippen molar-refractivity contribution >= 4 is 28.9 Å². The van der Waals surface area contributed by atoms with Gasteiger partial charge < -0.3 is 10.4 Å². The molecule has 0 atom stereocenters. The minimum absolute atomic E-state index is 0.195. The third-order valence-corrected chi connectivity index (χ3v) is 2.57. The zero-order valence-corrected chi connectivity index (χ0v) is 10.6. The summed E-state index contributed by atoms with van der Waals surface area (Å²) in [5.74, 6) is -2.98. The number of benzene rings is 2. The van der Waals surface area contributed by atoms with E-state index in [1.165, 1.54) is 12.1 Å². The number of hydrogen-bond acceptors (Lipinski definition) is 2. The standard InChI is InChI=1S/C15H13ClFNO2/c1-9-5-6-13(10(7-9)8-14(19)20)18-15-11(16)3-2-4-12(15)17/h2-7,18H,8H2,1H3,(H,19,20)/i1D3,5D,6D,7D,8D2. The first kappa shape index (κ1) is 7.09. The number of halogens is 2. The molecule has 0 radical (unpaired) electrons. The van der Waals surface area contributed by atoms with E-state index in [9.17, 15) is 14.3 Å². The Labute approximate surface area is 132 Å². The predicted molar refractivity (Wildman–Crippen MR) is 77.2 cm³/mol. The SMILES string of the molecule is [2H]c1c([2H])c(C([2H])([2H])[2H])c([2H])c(C([2H])([2H])C(=O)O)c1Nc1c(F)cccc1Cl. The molecule has 0 bridgehead atoms. The maximum absolute atomic E-state index is 14.1. The molecule has 5 heteroatoms. The molecular formula is C15H13ClFNO2. The number of nitrogens with one attached hydrogen (secondary N) is 1. The summed E-state index contributed by atoms with van der Waals surface area (Å²) in [5.41, 5.74) is -3.18. The first-order valence-corrected chi connectivity index (χ1v) is 5.68. The van der Waals surface area contributed by atoms with Crippen LogP contribution in [0, 0.1) is 12.7 Å². The summed E-state index contributed by atoms with van der Waals surface area (Å²) in [6, 6.07) is 0.575. The summed E-state index contributed by atoms with van der Waals surface area (Å²) in [7, 11) is 0. The van der Waals surface area contributed by atoms with Crippen LogP contribution in [0.1, 0.15) is 22.1 Å². The largest absolute Gasteiger partial charge is 0.481 e. The Hall–Kier alpha value is -2.07. The lowest BCUT2D eigenvalue weighted by atomic mass is 10.1. The van der Waals surface area contributed by atoms with Crippen molar-refractivity contribution in [3.63, 3.8) is 0 Å². The lowest BCUT2D eigenvalue weighted by Crippen LogP contribution is -2.05. The van der Waals surface area contributed by atoms with Gasteiger partial charge in [0.25, 0.3) is 0 Å². The monoisotopic (exact) mass is 301 g/mol. The first-order chi connectivity index (χ1) is 12.7. The van der Waals surface area contributed by atoms with Crippen LogP contribution in [0.5, 0.6) is 0 Å². The molecule has 0 aliphatic heterocycles. The second-order valence-corrected chi connectivity index (χ2v) is 4.06. The number of anilines is 2. The van der Waals surface area contributed by atoms with E-state index in [0.717, 1.165) is 6.07 Å². The Morgan fingerprint density at radius 3 is 3.05 bits per heavy atom. The molecule has 0 saturated carbocycles. The molecule has 20 heavy (non-hydrogen) atoms. The normalized spacial score (nSPS) is 17.5. The van der Waals surface area contributed by atoms with Gasteiger partial charge >= 0.3 is 5.97 Å². The van der Waals surface area contributed by atoms with Crippen molar-refractivity contribution in [1.82, 2.24) is 0 Å². The van der Waals surface area contributed by atoms with Gasteiger partial charge in [-0.1, -0.05) is 35.3 Å². The minimum Gasteiger partial charge on any atom is -0.481 e. The fourth-order valence-corrected chi connectivity index (χ4v) is 1.65. The Kier molecular flexibility index (Phi) is 2.10. The number of para-hydroxylation sites is 1. The highest BCUT2D eigenvalue weighted by Crippen LogP contribution is 2.30. The van der Waals surface area contributed by atoms with E-state index in [2.05, 4.69) is 5.32 Å². The first-order valence-electron chi connectivity index (χ1n) is 9.30. The molecule has 0 saturated heterocycles. The zero-order valence-electron chi connectivity index (χ0n) is 17.8. The van der Waals surface area contributed by atoms with Gasteiger partial charge in [0, 0.05) is 12.5 Å². The van der Waals surface area contributed by atoms with Crippen molar-refractivity contribution in [2.45, 2.75) is 13.2 Å². The van der Waals surface area contributed by atoms with Gasteiger partial charge in [0.15, 0.2) is 0 Å². The van der Waals surface area contributed by atoms with Crippen molar-refractivity contribution in [1.29, 1.82) is 0 Å². The molecule has 3 nitrogen and oxygen atoms in total. The molecule has 0 fully saturated rings. The molecule has 0 spiro atoms. The molecular weight excluding hydrogens is 281 g/mol. The topological polar surface area (TPSA) is 49.3 Å². The second kappa shape index (κ2) is 5.92. The zero-order chi connectivity index (χ0) is 21.6. The molecule has 2 aromatic rings. The molecule has 104 valence electrons. The molecule has 2 aromatic carbocycles. The highest BCUT2D eigenvalue weighted by Gasteiger charge is 2.11. The minimum atomic E-state index is -3.32. The van der Waals surface area contributed by atoms with Gasteiger partial charge in [-0.25, -0.2) is 4.39 Å². The van der Waals surface area contributed by atoms with Crippen molar-refractivity contribution < 1.29 is 25.3 Å². The van der Waals surface area contributed by atoms with E-state index in [-0.39, 0.29) is 5.02 Å². The molecule has 2 N–H and O–H groups in total. The molecule has 0 amide bonds. The van der Waals surface area contributed by atoms with Crippen molar-refractivity contribution in [2.75, 3.05) is 5.32 Å². The maximum atomic E-state index is 14.1. The summed E-state index contributed by atoms with van der Waals surface area (Å²) in [6.07, 6.45) is -3.32. The Morgan fingerprint density at radius 1 is 1.60 bits per heavy atom. The van der Waals surface area contributed by atoms with E-state index in [1.54, 1.807) is 0 Å². The fraction of sp³-hybridized carbons (Fsp3) is 0.133. The number of aliphatic carboxylic acids is 1. The third-order valence-electron chi connectivity index (χ3n) is 2.26. The Bertz CT molecular complexity index is 944. The maximum Gasteiger partial charge on any atom is 0.307 e. The van der Waals surface area contributed by atoms with Crippen molar-refractivity contribution in [3.8, 4) is 0 Å². The molecule has 0 aromatic heterocycles. The molecule has 0 aliphatic rings. The quantitative estimate of drug-likeness (QED) is 0.891. The van der Waals surface area contributed by atoms with E-state index in [0.29, 0.717) is 0 Å². The lowest BCUT2D eigenvalue weighted by Gasteiger charge is -2.13. The van der Waals surface area contributed by atoms with E-state index in [4.69, 9.17) is 22.6 Å². The van der Waals surface area contributed by atoms with Crippen LogP contribution in [0.4, 0.5) is 15.8 Å². The van der Waals surface area contributed by atoms with Crippen LogP contribution < -0.4 is 5.32 Å². The second-order valence-electron chi connectivity index (χ2n) is 3.65. The summed E-state index contributed by atoms with van der Waals surface area (Å²) >= 11 is 5.89. The smallest absolute Gasteiger partial charge is 0.307 e. The average molecular weight is 302 g/mol. The van der Waals surface area contributed by atoms with E-state index < -0.39 is 65.6 Å². The van der Waals surface area contributed by atoms with Crippen LogP contribution in [0.15, 0.2) is 36.3 Å². The van der Waals surface area contributed by atoms with Crippen LogP contribution in [0.25, 0.3) is 0 Å². The number of hydrogen-bond donors (Lipinski definition) is 2. The van der Waals surface area contributed by atoms with Gasteiger partial charge in [0.1, 0.15) is 5.82 Å². The number of carbonyl (C=O) groups is 1. The van der Waals surface area contributed by atoms with Crippen LogP contribution >= 0.6 is 11.6 Å². The highest BCUT2D eigenvalue weighted by molar-refractivity contribution is 6.33. The summed E-state index contributed by atoms with van der Waals surface area (Å²) in [4.78, 5) is 11.4. The summed E-state index contributed by atoms with van der Waals surface area (Å²) < 4.78 is 76.1. The van der Waals surface area contributed by atoms with Crippen LogP contribution in [-0.4, -0.2) is 11.1 Å². The Balaban J connectivity index is 2.94.